The molecule has 2 aromatic carbocycles. The number of epoxide rings is 1. The van der Waals surface area contributed by atoms with Crippen LogP contribution < -0.4 is 19.8 Å². The molecule has 27 heavy (non-hydrogen) atoms. The van der Waals surface area contributed by atoms with E-state index in [0.717, 1.165) is 23.3 Å². The number of methoxy groups -OCH3 is 2. The maximum atomic E-state index is 12.8. The molecule has 0 bridgehead atoms. The third-order valence-corrected chi connectivity index (χ3v) is 4.74. The number of nitrogens with zero attached hydrogens (tertiary/aromatic N) is 1. The van der Waals surface area contributed by atoms with Crippen LogP contribution in [-0.2, 0) is 11.8 Å². The minimum atomic E-state index is -0.0772. The van der Waals surface area contributed by atoms with Crippen LogP contribution in [0.5, 0.6) is 17.2 Å². The molecule has 1 unspecified atom stereocenters. The summed E-state index contributed by atoms with van der Waals surface area (Å²) >= 11 is 0. The Morgan fingerprint density at radius 3 is 2.59 bits per heavy atom. The van der Waals surface area contributed by atoms with Crippen LogP contribution in [0.1, 0.15) is 0 Å². The molecule has 1 fully saturated rings. The quantitative estimate of drug-likeness (QED) is 0.627. The van der Waals surface area contributed by atoms with Gasteiger partial charge in [-0.25, -0.2) is 0 Å². The van der Waals surface area contributed by atoms with Crippen molar-refractivity contribution in [1.29, 1.82) is 0 Å². The monoisotopic (exact) mass is 367 g/mol. The molecular formula is C21H21NO5. The maximum absolute atomic E-state index is 12.8. The Labute approximate surface area is 156 Å². The van der Waals surface area contributed by atoms with E-state index in [2.05, 4.69) is 0 Å². The van der Waals surface area contributed by atoms with Gasteiger partial charge in [-0.3, -0.25) is 4.79 Å². The van der Waals surface area contributed by atoms with Gasteiger partial charge in [0.1, 0.15) is 18.5 Å². The third-order valence-electron chi connectivity index (χ3n) is 4.74. The van der Waals surface area contributed by atoms with Crippen molar-refractivity contribution in [3.8, 4) is 28.5 Å². The average molecular weight is 367 g/mol. The van der Waals surface area contributed by atoms with Crippen LogP contribution >= 0.6 is 0 Å². The number of benzene rings is 2. The molecule has 0 spiro atoms. The Hall–Kier alpha value is -2.99. The van der Waals surface area contributed by atoms with Crippen LogP contribution in [0.15, 0.2) is 47.3 Å². The van der Waals surface area contributed by atoms with Gasteiger partial charge in [0.25, 0.3) is 5.56 Å². The molecule has 3 aromatic rings. The highest BCUT2D eigenvalue weighted by Gasteiger charge is 2.23. The van der Waals surface area contributed by atoms with Crippen molar-refractivity contribution in [2.24, 2.45) is 7.05 Å². The predicted octanol–water partition coefficient (Wildman–Crippen LogP) is 3.00. The van der Waals surface area contributed by atoms with Crippen LogP contribution in [-0.4, -0.2) is 38.1 Å². The summed E-state index contributed by atoms with van der Waals surface area (Å²) in [4.78, 5) is 12.8. The molecule has 6 heteroatoms. The predicted molar refractivity (Wildman–Crippen MR) is 103 cm³/mol. The van der Waals surface area contributed by atoms with Crippen LogP contribution in [0.4, 0.5) is 0 Å². The molecular weight excluding hydrogens is 346 g/mol. The number of rotatable bonds is 6. The van der Waals surface area contributed by atoms with E-state index in [1.54, 1.807) is 31.9 Å². The highest BCUT2D eigenvalue weighted by Crippen LogP contribution is 2.33. The fourth-order valence-electron chi connectivity index (χ4n) is 3.08. The van der Waals surface area contributed by atoms with E-state index < -0.39 is 0 Å². The molecule has 0 radical (unpaired) electrons. The molecule has 1 aromatic heterocycles. The van der Waals surface area contributed by atoms with Crippen LogP contribution in [0, 0.1) is 0 Å². The first-order valence-corrected chi connectivity index (χ1v) is 8.71. The van der Waals surface area contributed by atoms with E-state index >= 15 is 0 Å². The lowest BCUT2D eigenvalue weighted by atomic mass is 10.1. The fourth-order valence-corrected chi connectivity index (χ4v) is 3.08. The van der Waals surface area contributed by atoms with E-state index in [1.807, 2.05) is 36.4 Å². The number of fused-ring (bicyclic) bond motifs is 1. The minimum absolute atomic E-state index is 0.0772. The summed E-state index contributed by atoms with van der Waals surface area (Å²) < 4.78 is 23.3. The van der Waals surface area contributed by atoms with Gasteiger partial charge in [0.2, 0.25) is 0 Å². The molecule has 1 aliphatic rings. The number of ether oxygens (including phenoxy) is 4. The third kappa shape index (κ3) is 3.36. The maximum Gasteiger partial charge on any atom is 0.258 e. The van der Waals surface area contributed by atoms with Crippen molar-refractivity contribution in [2.45, 2.75) is 6.10 Å². The van der Waals surface area contributed by atoms with Crippen molar-refractivity contribution < 1.29 is 18.9 Å². The molecule has 0 aliphatic carbocycles. The molecule has 4 rings (SSSR count). The van der Waals surface area contributed by atoms with E-state index in [0.29, 0.717) is 29.2 Å². The van der Waals surface area contributed by atoms with Crippen LogP contribution in [0.3, 0.4) is 0 Å². The summed E-state index contributed by atoms with van der Waals surface area (Å²) in [6.07, 6.45) is 0.174. The van der Waals surface area contributed by atoms with Crippen molar-refractivity contribution in [2.75, 3.05) is 27.4 Å². The second-order valence-electron chi connectivity index (χ2n) is 6.48. The molecule has 0 amide bonds. The van der Waals surface area contributed by atoms with Gasteiger partial charge in [0, 0.05) is 12.6 Å². The van der Waals surface area contributed by atoms with E-state index in [-0.39, 0.29) is 11.7 Å². The molecule has 0 N–H and O–H groups in total. The molecule has 0 saturated carbocycles. The van der Waals surface area contributed by atoms with Gasteiger partial charge >= 0.3 is 0 Å². The highest BCUT2D eigenvalue weighted by atomic mass is 16.6. The Morgan fingerprint density at radius 1 is 1.07 bits per heavy atom. The second-order valence-corrected chi connectivity index (χ2v) is 6.48. The first-order chi connectivity index (χ1) is 13.1. The van der Waals surface area contributed by atoms with E-state index in [1.165, 1.54) is 0 Å². The number of hydrogen-bond donors (Lipinski definition) is 0. The Bertz CT molecular complexity index is 1050. The summed E-state index contributed by atoms with van der Waals surface area (Å²) in [6, 6.07) is 13.2. The molecule has 1 aliphatic heterocycles. The van der Waals surface area contributed by atoms with Gasteiger partial charge in [0.15, 0.2) is 11.5 Å². The number of hydrogen-bond acceptors (Lipinski definition) is 5. The number of pyridine rings is 1. The Morgan fingerprint density at radius 2 is 1.89 bits per heavy atom. The minimum Gasteiger partial charge on any atom is -0.497 e. The Kier molecular flexibility index (Phi) is 4.49. The standard InChI is InChI=1S/C21H21NO5/c1-22-18(8-13-4-6-15(24-2)10-17(13)21(22)23)14-5-7-19(20(9-14)25-3)27-12-16-11-26-16/h4-10,16H,11-12H2,1-3H3. The van der Waals surface area contributed by atoms with Gasteiger partial charge in [0.05, 0.1) is 31.9 Å². The first kappa shape index (κ1) is 17.4. The van der Waals surface area contributed by atoms with Gasteiger partial charge in [-0.1, -0.05) is 6.07 Å². The summed E-state index contributed by atoms with van der Waals surface area (Å²) in [5, 5.41) is 1.48. The van der Waals surface area contributed by atoms with Gasteiger partial charge in [-0.05, 0) is 41.8 Å². The fraction of sp³-hybridized carbons (Fsp3) is 0.286. The largest absolute Gasteiger partial charge is 0.497 e. The molecule has 6 nitrogen and oxygen atoms in total. The Balaban J connectivity index is 1.76. The van der Waals surface area contributed by atoms with E-state index in [4.69, 9.17) is 18.9 Å². The van der Waals surface area contributed by atoms with Gasteiger partial charge in [-0.2, -0.15) is 0 Å². The van der Waals surface area contributed by atoms with Crippen LogP contribution in [0.25, 0.3) is 22.0 Å². The first-order valence-electron chi connectivity index (χ1n) is 8.71. The highest BCUT2D eigenvalue weighted by molar-refractivity contribution is 5.86. The zero-order valence-corrected chi connectivity index (χ0v) is 15.5. The average Bonchev–Trinajstić information content (AvgIpc) is 3.53. The normalized spacial score (nSPS) is 15.6. The van der Waals surface area contributed by atoms with Crippen molar-refractivity contribution in [3.63, 3.8) is 0 Å². The lowest BCUT2D eigenvalue weighted by molar-refractivity contribution is 0.252. The van der Waals surface area contributed by atoms with Crippen molar-refractivity contribution in [1.82, 2.24) is 4.57 Å². The van der Waals surface area contributed by atoms with Crippen LogP contribution in [0.2, 0.25) is 0 Å². The van der Waals surface area contributed by atoms with Crippen molar-refractivity contribution in [3.05, 3.63) is 52.8 Å². The lowest BCUT2D eigenvalue weighted by Crippen LogP contribution is -2.18. The topological polar surface area (TPSA) is 62.2 Å². The lowest BCUT2D eigenvalue weighted by Gasteiger charge is -2.14. The molecule has 1 atom stereocenters. The van der Waals surface area contributed by atoms with Gasteiger partial charge < -0.3 is 23.5 Å². The molecule has 2 heterocycles. The summed E-state index contributed by atoms with van der Waals surface area (Å²) in [6.45, 7) is 1.25. The molecule has 140 valence electrons. The van der Waals surface area contributed by atoms with E-state index in [9.17, 15) is 4.79 Å². The zero-order valence-electron chi connectivity index (χ0n) is 15.5. The summed E-state index contributed by atoms with van der Waals surface area (Å²) in [5.41, 5.74) is 1.60. The smallest absolute Gasteiger partial charge is 0.258 e. The second kappa shape index (κ2) is 6.96. The zero-order chi connectivity index (χ0) is 19.0. The molecule has 1 saturated heterocycles. The van der Waals surface area contributed by atoms with Gasteiger partial charge in [-0.15, -0.1) is 0 Å². The summed E-state index contributed by atoms with van der Waals surface area (Å²) in [7, 11) is 4.95. The summed E-state index contributed by atoms with van der Waals surface area (Å²) in [5.74, 6) is 1.94. The number of aromatic nitrogens is 1. The SMILES string of the molecule is COc1ccc2cc(-c3ccc(OCC4CO4)c(OC)c3)n(C)c(=O)c2c1. The van der Waals surface area contributed by atoms with Crippen molar-refractivity contribution >= 4 is 10.8 Å².